The second-order valence-corrected chi connectivity index (χ2v) is 6.79. The normalized spacial score (nSPS) is 10.9. The Labute approximate surface area is 149 Å². The van der Waals surface area contributed by atoms with E-state index in [1.807, 2.05) is 60.0 Å². The van der Waals surface area contributed by atoms with Crippen LogP contribution >= 0.6 is 11.3 Å². The van der Waals surface area contributed by atoms with Gasteiger partial charge in [-0.1, -0.05) is 48.0 Å². The van der Waals surface area contributed by atoms with E-state index in [0.717, 1.165) is 21.6 Å². The van der Waals surface area contributed by atoms with Crippen LogP contribution in [0.25, 0.3) is 21.3 Å². The predicted molar refractivity (Wildman–Crippen MR) is 104 cm³/mol. The first-order valence-corrected chi connectivity index (χ1v) is 8.95. The van der Waals surface area contributed by atoms with Crippen molar-refractivity contribution in [3.8, 4) is 11.1 Å². The molecule has 2 N–H and O–H groups in total. The molecule has 0 saturated carbocycles. The summed E-state index contributed by atoms with van der Waals surface area (Å²) in [5.74, 6) is 0.638. The highest BCUT2D eigenvalue weighted by atomic mass is 32.1. The predicted octanol–water partition coefficient (Wildman–Crippen LogP) is 4.57. The van der Waals surface area contributed by atoms with Gasteiger partial charge in [-0.15, -0.1) is 11.3 Å². The molecule has 0 unspecified atom stereocenters. The van der Waals surface area contributed by atoms with Crippen LogP contribution in [0.4, 0.5) is 5.69 Å². The fourth-order valence-corrected chi connectivity index (χ4v) is 3.73. The SMILES string of the molecule is Cc1ccc(NCc2nc3scc(-c4ccccc4)c3c(=O)[nH]2)cc1. The quantitative estimate of drug-likeness (QED) is 0.568. The molecule has 2 heterocycles. The smallest absolute Gasteiger partial charge is 0.260 e. The third-order valence-corrected chi connectivity index (χ3v) is 4.96. The van der Waals surface area contributed by atoms with Gasteiger partial charge in [-0.3, -0.25) is 4.79 Å². The molecule has 0 amide bonds. The van der Waals surface area contributed by atoms with Crippen molar-refractivity contribution in [3.63, 3.8) is 0 Å². The molecule has 4 nitrogen and oxygen atoms in total. The first-order valence-electron chi connectivity index (χ1n) is 8.07. The van der Waals surface area contributed by atoms with Gasteiger partial charge in [0.05, 0.1) is 11.9 Å². The van der Waals surface area contributed by atoms with Crippen molar-refractivity contribution >= 4 is 27.2 Å². The molecule has 124 valence electrons. The zero-order valence-electron chi connectivity index (χ0n) is 13.7. The number of benzene rings is 2. The Hall–Kier alpha value is -2.92. The van der Waals surface area contributed by atoms with Crippen LogP contribution in [0.1, 0.15) is 11.4 Å². The zero-order valence-corrected chi connectivity index (χ0v) is 14.6. The molecule has 0 spiro atoms. The van der Waals surface area contributed by atoms with E-state index in [1.165, 1.54) is 16.9 Å². The van der Waals surface area contributed by atoms with Gasteiger partial charge < -0.3 is 10.3 Å². The average molecular weight is 347 g/mol. The van der Waals surface area contributed by atoms with Crippen molar-refractivity contribution in [1.82, 2.24) is 9.97 Å². The first kappa shape index (κ1) is 15.6. The minimum absolute atomic E-state index is 0.0918. The molecule has 0 aliphatic heterocycles. The lowest BCUT2D eigenvalue weighted by Gasteiger charge is -2.06. The number of anilines is 1. The van der Waals surface area contributed by atoms with Gasteiger partial charge in [0, 0.05) is 16.6 Å². The number of aryl methyl sites for hydroxylation is 1. The number of H-pyrrole nitrogens is 1. The average Bonchev–Trinajstić information content (AvgIpc) is 3.07. The van der Waals surface area contributed by atoms with Crippen LogP contribution in [-0.2, 0) is 6.54 Å². The van der Waals surface area contributed by atoms with Crippen LogP contribution in [0.5, 0.6) is 0 Å². The number of aromatic amines is 1. The van der Waals surface area contributed by atoms with Crippen LogP contribution in [0.3, 0.4) is 0 Å². The molecule has 25 heavy (non-hydrogen) atoms. The van der Waals surface area contributed by atoms with Crippen molar-refractivity contribution in [2.75, 3.05) is 5.32 Å². The minimum atomic E-state index is -0.0918. The molecular weight excluding hydrogens is 330 g/mol. The molecule has 4 rings (SSSR count). The van der Waals surface area contributed by atoms with Gasteiger partial charge in [0.2, 0.25) is 0 Å². The van der Waals surface area contributed by atoms with E-state index >= 15 is 0 Å². The van der Waals surface area contributed by atoms with E-state index in [0.29, 0.717) is 17.8 Å². The second kappa shape index (κ2) is 6.53. The molecule has 4 aromatic rings. The fraction of sp³-hybridized carbons (Fsp3) is 0.100. The summed E-state index contributed by atoms with van der Waals surface area (Å²) in [6.45, 7) is 2.53. The molecular formula is C20H17N3OS. The Morgan fingerprint density at radius 1 is 1.08 bits per heavy atom. The zero-order chi connectivity index (χ0) is 17.2. The topological polar surface area (TPSA) is 57.8 Å². The number of hydrogen-bond donors (Lipinski definition) is 2. The van der Waals surface area contributed by atoms with E-state index in [9.17, 15) is 4.79 Å². The van der Waals surface area contributed by atoms with Gasteiger partial charge in [-0.2, -0.15) is 0 Å². The summed E-state index contributed by atoms with van der Waals surface area (Å²) in [4.78, 5) is 20.9. The van der Waals surface area contributed by atoms with Gasteiger partial charge in [0.15, 0.2) is 0 Å². The Morgan fingerprint density at radius 2 is 1.84 bits per heavy atom. The summed E-state index contributed by atoms with van der Waals surface area (Å²) in [5, 5.41) is 5.95. The van der Waals surface area contributed by atoms with Gasteiger partial charge in [-0.05, 0) is 24.6 Å². The van der Waals surface area contributed by atoms with E-state index in [1.54, 1.807) is 0 Å². The summed E-state index contributed by atoms with van der Waals surface area (Å²) in [6.07, 6.45) is 0. The molecule has 0 fully saturated rings. The number of aromatic nitrogens is 2. The maximum Gasteiger partial charge on any atom is 0.260 e. The molecule has 0 atom stereocenters. The lowest BCUT2D eigenvalue weighted by atomic mass is 10.1. The highest BCUT2D eigenvalue weighted by molar-refractivity contribution is 7.17. The third kappa shape index (κ3) is 3.19. The van der Waals surface area contributed by atoms with Crippen LogP contribution in [0.2, 0.25) is 0 Å². The molecule has 0 aliphatic rings. The standard InChI is InChI=1S/C20H17N3OS/c1-13-7-9-15(10-8-13)21-11-17-22-19(24)18-16(12-25-20(18)23-17)14-5-3-2-4-6-14/h2-10,12,21H,11H2,1H3,(H,22,23,24). The highest BCUT2D eigenvalue weighted by Crippen LogP contribution is 2.30. The van der Waals surface area contributed by atoms with E-state index < -0.39 is 0 Å². The van der Waals surface area contributed by atoms with Crippen LogP contribution in [0.15, 0.2) is 64.8 Å². The Bertz CT molecular complexity index is 1070. The number of thiophene rings is 1. The molecule has 2 aromatic heterocycles. The van der Waals surface area contributed by atoms with E-state index in [-0.39, 0.29) is 5.56 Å². The highest BCUT2D eigenvalue weighted by Gasteiger charge is 2.12. The number of nitrogens with zero attached hydrogens (tertiary/aromatic N) is 1. The minimum Gasteiger partial charge on any atom is -0.378 e. The molecule has 0 aliphatic carbocycles. The lowest BCUT2D eigenvalue weighted by molar-refractivity contribution is 0.957. The summed E-state index contributed by atoms with van der Waals surface area (Å²) >= 11 is 1.50. The molecule has 5 heteroatoms. The number of hydrogen-bond acceptors (Lipinski definition) is 4. The monoisotopic (exact) mass is 347 g/mol. The van der Waals surface area contributed by atoms with Crippen LogP contribution < -0.4 is 10.9 Å². The lowest BCUT2D eigenvalue weighted by Crippen LogP contribution is -2.14. The number of fused-ring (bicyclic) bond motifs is 1. The van der Waals surface area contributed by atoms with Crippen molar-refractivity contribution < 1.29 is 0 Å². The van der Waals surface area contributed by atoms with Gasteiger partial charge in [-0.25, -0.2) is 4.98 Å². The first-order chi connectivity index (χ1) is 12.2. The molecule has 0 radical (unpaired) electrons. The van der Waals surface area contributed by atoms with Crippen molar-refractivity contribution in [3.05, 3.63) is 81.7 Å². The van der Waals surface area contributed by atoms with Gasteiger partial charge in [0.1, 0.15) is 10.7 Å². The van der Waals surface area contributed by atoms with E-state index in [2.05, 4.69) is 22.2 Å². The Balaban J connectivity index is 1.64. The van der Waals surface area contributed by atoms with Gasteiger partial charge in [0.25, 0.3) is 5.56 Å². The summed E-state index contributed by atoms with van der Waals surface area (Å²) in [5.41, 5.74) is 4.10. The van der Waals surface area contributed by atoms with Crippen LogP contribution in [-0.4, -0.2) is 9.97 Å². The summed E-state index contributed by atoms with van der Waals surface area (Å²) in [6, 6.07) is 18.1. The van der Waals surface area contributed by atoms with Gasteiger partial charge >= 0.3 is 0 Å². The van der Waals surface area contributed by atoms with Crippen molar-refractivity contribution in [2.45, 2.75) is 13.5 Å². The Kier molecular flexibility index (Phi) is 4.07. The van der Waals surface area contributed by atoms with Crippen LogP contribution in [0, 0.1) is 6.92 Å². The Morgan fingerprint density at radius 3 is 2.60 bits per heavy atom. The van der Waals surface area contributed by atoms with E-state index in [4.69, 9.17) is 0 Å². The molecule has 2 aromatic carbocycles. The summed E-state index contributed by atoms with van der Waals surface area (Å²) < 4.78 is 0. The number of nitrogens with one attached hydrogen (secondary N) is 2. The number of rotatable bonds is 4. The summed E-state index contributed by atoms with van der Waals surface area (Å²) in [7, 11) is 0. The maximum atomic E-state index is 12.6. The second-order valence-electron chi connectivity index (χ2n) is 5.93. The van der Waals surface area contributed by atoms with Crippen molar-refractivity contribution in [1.29, 1.82) is 0 Å². The third-order valence-electron chi connectivity index (χ3n) is 4.09. The van der Waals surface area contributed by atoms with Crippen molar-refractivity contribution in [2.24, 2.45) is 0 Å². The fourth-order valence-electron chi connectivity index (χ4n) is 2.76. The molecule has 0 saturated heterocycles. The largest absolute Gasteiger partial charge is 0.378 e. The molecule has 0 bridgehead atoms. The maximum absolute atomic E-state index is 12.6.